The number of amides is 1. The Balaban J connectivity index is 1.48. The van der Waals surface area contributed by atoms with E-state index < -0.39 is 17.4 Å². The van der Waals surface area contributed by atoms with Gasteiger partial charge in [-0.1, -0.05) is 60.7 Å². The fourth-order valence-electron chi connectivity index (χ4n) is 2.96. The molecule has 0 aliphatic heterocycles. The lowest BCUT2D eigenvalue weighted by Gasteiger charge is -2.23. The summed E-state index contributed by atoms with van der Waals surface area (Å²) in [5, 5.41) is 2.76. The molecule has 3 aromatic rings. The molecule has 0 aliphatic rings. The third-order valence-corrected chi connectivity index (χ3v) is 5.05. The molecule has 6 nitrogen and oxygen atoms in total. The van der Waals surface area contributed by atoms with Crippen LogP contribution in [0.1, 0.15) is 45.7 Å². The topological polar surface area (TPSA) is 81.7 Å². The van der Waals surface area contributed by atoms with Crippen LogP contribution in [0.5, 0.6) is 0 Å². The van der Waals surface area contributed by atoms with Crippen molar-refractivity contribution >= 4 is 17.8 Å². The Hall–Kier alpha value is -3.93. The molecular weight excluding hydrogens is 418 g/mol. The highest BCUT2D eigenvalue weighted by molar-refractivity contribution is 5.96. The van der Waals surface area contributed by atoms with Gasteiger partial charge in [-0.25, -0.2) is 4.79 Å². The van der Waals surface area contributed by atoms with Crippen LogP contribution in [0.25, 0.3) is 0 Å². The number of benzene rings is 3. The van der Waals surface area contributed by atoms with Crippen LogP contribution in [0.2, 0.25) is 0 Å². The molecule has 0 aromatic heterocycles. The van der Waals surface area contributed by atoms with Crippen molar-refractivity contribution in [3.05, 3.63) is 107 Å². The fraction of sp³-hybridized carbons (Fsp3) is 0.222. The second-order valence-electron chi connectivity index (χ2n) is 8.27. The van der Waals surface area contributed by atoms with Crippen molar-refractivity contribution in [2.75, 3.05) is 6.54 Å². The van der Waals surface area contributed by atoms with E-state index in [9.17, 15) is 14.4 Å². The maximum absolute atomic E-state index is 12.5. The van der Waals surface area contributed by atoms with Crippen molar-refractivity contribution in [3.8, 4) is 0 Å². The van der Waals surface area contributed by atoms with Crippen molar-refractivity contribution in [2.45, 2.75) is 27.1 Å². The second kappa shape index (κ2) is 11.1. The van der Waals surface area contributed by atoms with E-state index >= 15 is 0 Å². The molecule has 0 radical (unpaired) electrons. The zero-order valence-electron chi connectivity index (χ0n) is 18.7. The molecule has 170 valence electrons. The molecule has 1 amide bonds. The highest BCUT2D eigenvalue weighted by Gasteiger charge is 2.30. The summed E-state index contributed by atoms with van der Waals surface area (Å²) in [5.74, 6) is -1.21. The maximum Gasteiger partial charge on any atom is 0.338 e. The standard InChI is InChI=1S/C27H27NO5/c1-27(2,26(31)33-18-21-11-7-4-8-12-21)19-28-24(29)22-13-15-23(16-14-22)25(30)32-17-20-9-5-3-6-10-20/h3-16H,17-19H2,1-2H3,(H,28,29). The van der Waals surface area contributed by atoms with Crippen LogP contribution >= 0.6 is 0 Å². The highest BCUT2D eigenvalue weighted by Crippen LogP contribution is 2.18. The van der Waals surface area contributed by atoms with E-state index in [4.69, 9.17) is 9.47 Å². The minimum atomic E-state index is -0.897. The van der Waals surface area contributed by atoms with Crippen LogP contribution in [0.4, 0.5) is 0 Å². The van der Waals surface area contributed by atoms with E-state index in [2.05, 4.69) is 5.32 Å². The Morgan fingerprint density at radius 2 is 1.18 bits per heavy atom. The quantitative estimate of drug-likeness (QED) is 0.489. The first kappa shape index (κ1) is 23.7. The van der Waals surface area contributed by atoms with Gasteiger partial charge in [0.25, 0.3) is 5.91 Å². The van der Waals surface area contributed by atoms with E-state index in [1.165, 1.54) is 0 Å². The predicted molar refractivity (Wildman–Crippen MR) is 124 cm³/mol. The van der Waals surface area contributed by atoms with Gasteiger partial charge in [-0.15, -0.1) is 0 Å². The van der Waals surface area contributed by atoms with Crippen LogP contribution in [-0.4, -0.2) is 24.4 Å². The number of nitrogens with one attached hydrogen (secondary N) is 1. The third kappa shape index (κ3) is 7.04. The Labute approximate surface area is 193 Å². The smallest absolute Gasteiger partial charge is 0.338 e. The molecule has 33 heavy (non-hydrogen) atoms. The molecular formula is C27H27NO5. The molecule has 1 N–H and O–H groups in total. The first-order valence-corrected chi connectivity index (χ1v) is 10.7. The molecule has 0 unspecified atom stereocenters. The van der Waals surface area contributed by atoms with E-state index in [-0.39, 0.29) is 25.7 Å². The van der Waals surface area contributed by atoms with Crippen molar-refractivity contribution in [3.63, 3.8) is 0 Å². The summed E-state index contributed by atoms with van der Waals surface area (Å²) in [7, 11) is 0. The molecule has 0 heterocycles. The van der Waals surface area contributed by atoms with Crippen LogP contribution in [0, 0.1) is 5.41 Å². The van der Waals surface area contributed by atoms with Gasteiger partial charge < -0.3 is 14.8 Å². The van der Waals surface area contributed by atoms with E-state index in [1.54, 1.807) is 38.1 Å². The number of esters is 2. The Kier molecular flexibility index (Phi) is 7.97. The summed E-state index contributed by atoms with van der Waals surface area (Å²) in [6, 6.07) is 25.0. The van der Waals surface area contributed by atoms with Crippen LogP contribution in [0.15, 0.2) is 84.9 Å². The van der Waals surface area contributed by atoms with Crippen LogP contribution in [-0.2, 0) is 27.5 Å². The van der Waals surface area contributed by atoms with Gasteiger partial charge in [-0.2, -0.15) is 0 Å². The number of ether oxygens (including phenoxy) is 2. The zero-order valence-corrected chi connectivity index (χ0v) is 18.7. The Morgan fingerprint density at radius 3 is 1.73 bits per heavy atom. The number of rotatable bonds is 9. The first-order valence-electron chi connectivity index (χ1n) is 10.7. The van der Waals surface area contributed by atoms with Gasteiger partial charge in [-0.05, 0) is 49.2 Å². The first-order chi connectivity index (χ1) is 15.8. The molecule has 3 rings (SSSR count). The minimum Gasteiger partial charge on any atom is -0.460 e. The average molecular weight is 446 g/mol. The summed E-state index contributed by atoms with van der Waals surface area (Å²) < 4.78 is 10.7. The number of hydrogen-bond acceptors (Lipinski definition) is 5. The fourth-order valence-corrected chi connectivity index (χ4v) is 2.96. The molecule has 0 atom stereocenters. The summed E-state index contributed by atoms with van der Waals surface area (Å²) in [4.78, 5) is 37.2. The van der Waals surface area contributed by atoms with Crippen molar-refractivity contribution in [1.82, 2.24) is 5.32 Å². The normalized spacial score (nSPS) is 10.8. The lowest BCUT2D eigenvalue weighted by molar-refractivity contribution is -0.155. The molecule has 6 heteroatoms. The zero-order chi connectivity index (χ0) is 23.7. The molecule has 0 saturated heterocycles. The monoisotopic (exact) mass is 445 g/mol. The predicted octanol–water partition coefficient (Wildman–Crippen LogP) is 4.54. The highest BCUT2D eigenvalue weighted by atomic mass is 16.5. The SMILES string of the molecule is CC(C)(CNC(=O)c1ccc(C(=O)OCc2ccccc2)cc1)C(=O)OCc1ccccc1. The lowest BCUT2D eigenvalue weighted by Crippen LogP contribution is -2.40. The minimum absolute atomic E-state index is 0.111. The van der Waals surface area contributed by atoms with Gasteiger partial charge in [0.05, 0.1) is 11.0 Å². The van der Waals surface area contributed by atoms with Gasteiger partial charge in [0.2, 0.25) is 0 Å². The van der Waals surface area contributed by atoms with Gasteiger partial charge in [-0.3, -0.25) is 9.59 Å². The molecule has 0 aliphatic carbocycles. The largest absolute Gasteiger partial charge is 0.460 e. The summed E-state index contributed by atoms with van der Waals surface area (Å²) in [6.07, 6.45) is 0. The number of hydrogen-bond donors (Lipinski definition) is 1. The Morgan fingerprint density at radius 1 is 0.697 bits per heavy atom. The second-order valence-corrected chi connectivity index (χ2v) is 8.27. The van der Waals surface area contributed by atoms with Crippen molar-refractivity contribution in [2.24, 2.45) is 5.41 Å². The molecule has 0 saturated carbocycles. The third-order valence-electron chi connectivity index (χ3n) is 5.05. The average Bonchev–Trinajstić information content (AvgIpc) is 2.85. The van der Waals surface area contributed by atoms with Gasteiger partial charge in [0, 0.05) is 12.1 Å². The Bertz CT molecular complexity index is 1080. The molecule has 0 bridgehead atoms. The lowest BCUT2D eigenvalue weighted by atomic mass is 9.93. The molecule has 0 spiro atoms. The molecule has 0 fully saturated rings. The number of carbonyl (C=O) groups excluding carboxylic acids is 3. The van der Waals surface area contributed by atoms with Gasteiger partial charge >= 0.3 is 11.9 Å². The van der Waals surface area contributed by atoms with E-state index in [1.807, 2.05) is 60.7 Å². The molecule has 3 aromatic carbocycles. The van der Waals surface area contributed by atoms with Gasteiger partial charge in [0.15, 0.2) is 0 Å². The van der Waals surface area contributed by atoms with Crippen LogP contribution in [0.3, 0.4) is 0 Å². The van der Waals surface area contributed by atoms with Crippen molar-refractivity contribution in [1.29, 1.82) is 0 Å². The van der Waals surface area contributed by atoms with Crippen LogP contribution < -0.4 is 5.32 Å². The number of carbonyl (C=O) groups is 3. The summed E-state index contributed by atoms with van der Waals surface area (Å²) in [5.41, 5.74) is 1.63. The maximum atomic E-state index is 12.5. The van der Waals surface area contributed by atoms with Gasteiger partial charge in [0.1, 0.15) is 13.2 Å². The van der Waals surface area contributed by atoms with E-state index in [0.29, 0.717) is 11.1 Å². The summed E-state index contributed by atoms with van der Waals surface area (Å²) >= 11 is 0. The van der Waals surface area contributed by atoms with Crippen molar-refractivity contribution < 1.29 is 23.9 Å². The summed E-state index contributed by atoms with van der Waals surface area (Å²) in [6.45, 7) is 3.90. The van der Waals surface area contributed by atoms with E-state index in [0.717, 1.165) is 11.1 Å².